The summed E-state index contributed by atoms with van der Waals surface area (Å²) < 4.78 is 0. The Labute approximate surface area is 114 Å². The molecule has 2 rings (SSSR count). The van der Waals surface area contributed by atoms with Crippen molar-refractivity contribution in [2.24, 2.45) is 0 Å². The standard InChI is InChI=1S/C13H12ClNO2S/c1-7-5-12(18-8(7)2)13(17)15-9-3-4-10(14)11(16)6-9/h3-6,16H,1-2H3,(H,15,17). The van der Waals surface area contributed by atoms with Crippen molar-refractivity contribution in [3.05, 3.63) is 44.6 Å². The fraction of sp³-hybridized carbons (Fsp3) is 0.154. The zero-order chi connectivity index (χ0) is 13.3. The maximum atomic E-state index is 12.0. The number of phenolic OH excluding ortho intramolecular Hbond substituents is 1. The summed E-state index contributed by atoms with van der Waals surface area (Å²) >= 11 is 7.15. The first-order valence-corrected chi connectivity index (χ1v) is 6.53. The van der Waals surface area contributed by atoms with Crippen LogP contribution in [0.1, 0.15) is 20.1 Å². The Balaban J connectivity index is 2.18. The Morgan fingerprint density at radius 3 is 2.61 bits per heavy atom. The van der Waals surface area contributed by atoms with Crippen LogP contribution in [-0.4, -0.2) is 11.0 Å². The number of aromatic hydroxyl groups is 1. The quantitative estimate of drug-likeness (QED) is 0.875. The van der Waals surface area contributed by atoms with Crippen LogP contribution in [0.15, 0.2) is 24.3 Å². The van der Waals surface area contributed by atoms with Crippen LogP contribution in [0.3, 0.4) is 0 Å². The van der Waals surface area contributed by atoms with E-state index in [0.29, 0.717) is 10.6 Å². The van der Waals surface area contributed by atoms with Crippen LogP contribution >= 0.6 is 22.9 Å². The van der Waals surface area contributed by atoms with Gasteiger partial charge in [-0.3, -0.25) is 4.79 Å². The van der Waals surface area contributed by atoms with Crippen LogP contribution in [-0.2, 0) is 0 Å². The molecule has 2 N–H and O–H groups in total. The predicted molar refractivity (Wildman–Crippen MR) is 74.9 cm³/mol. The molecule has 0 saturated carbocycles. The first-order chi connectivity index (χ1) is 8.47. The summed E-state index contributed by atoms with van der Waals surface area (Å²) in [6, 6.07) is 6.46. The van der Waals surface area contributed by atoms with Gasteiger partial charge in [0.1, 0.15) is 5.75 Å². The summed E-state index contributed by atoms with van der Waals surface area (Å²) in [7, 11) is 0. The number of phenols is 1. The molecule has 94 valence electrons. The molecule has 0 atom stereocenters. The van der Waals surface area contributed by atoms with E-state index in [0.717, 1.165) is 10.4 Å². The van der Waals surface area contributed by atoms with Gasteiger partial charge < -0.3 is 10.4 Å². The molecule has 0 spiro atoms. The Bertz CT molecular complexity index is 588. The molecule has 18 heavy (non-hydrogen) atoms. The van der Waals surface area contributed by atoms with E-state index in [1.54, 1.807) is 6.07 Å². The SMILES string of the molecule is Cc1cc(C(=O)Nc2ccc(Cl)c(O)c2)sc1C. The molecule has 0 saturated heterocycles. The minimum Gasteiger partial charge on any atom is -0.506 e. The number of anilines is 1. The highest BCUT2D eigenvalue weighted by atomic mass is 35.5. The van der Waals surface area contributed by atoms with Gasteiger partial charge in [-0.1, -0.05) is 11.6 Å². The summed E-state index contributed by atoms with van der Waals surface area (Å²) in [6.07, 6.45) is 0. The topological polar surface area (TPSA) is 49.3 Å². The zero-order valence-electron chi connectivity index (χ0n) is 9.95. The number of hydrogen-bond acceptors (Lipinski definition) is 3. The molecule has 1 aromatic heterocycles. The lowest BCUT2D eigenvalue weighted by molar-refractivity contribution is 0.103. The molecule has 0 aliphatic rings. The van der Waals surface area contributed by atoms with Gasteiger partial charge in [-0.25, -0.2) is 0 Å². The molecule has 1 aromatic carbocycles. The zero-order valence-corrected chi connectivity index (χ0v) is 11.5. The fourth-order valence-corrected chi connectivity index (χ4v) is 2.51. The molecular formula is C13H12ClNO2S. The van der Waals surface area contributed by atoms with Gasteiger partial charge in [-0.15, -0.1) is 11.3 Å². The van der Waals surface area contributed by atoms with E-state index < -0.39 is 0 Å². The predicted octanol–water partition coefficient (Wildman–Crippen LogP) is 3.98. The number of rotatable bonds is 2. The van der Waals surface area contributed by atoms with E-state index in [1.165, 1.54) is 23.5 Å². The van der Waals surface area contributed by atoms with Crippen molar-refractivity contribution in [1.29, 1.82) is 0 Å². The van der Waals surface area contributed by atoms with Crippen molar-refractivity contribution in [3.8, 4) is 5.75 Å². The van der Waals surface area contributed by atoms with Gasteiger partial charge >= 0.3 is 0 Å². The van der Waals surface area contributed by atoms with Crippen LogP contribution in [0.5, 0.6) is 5.75 Å². The third-order valence-electron chi connectivity index (χ3n) is 2.59. The molecule has 0 aliphatic heterocycles. The molecule has 0 radical (unpaired) electrons. The highest BCUT2D eigenvalue weighted by molar-refractivity contribution is 7.14. The van der Waals surface area contributed by atoms with Crippen LogP contribution in [0, 0.1) is 13.8 Å². The Morgan fingerprint density at radius 2 is 2.06 bits per heavy atom. The van der Waals surface area contributed by atoms with Gasteiger partial charge in [0.05, 0.1) is 9.90 Å². The second-order valence-electron chi connectivity index (χ2n) is 3.97. The lowest BCUT2D eigenvalue weighted by Gasteiger charge is -2.04. The molecular weight excluding hydrogens is 270 g/mol. The van der Waals surface area contributed by atoms with Crippen LogP contribution in [0.4, 0.5) is 5.69 Å². The van der Waals surface area contributed by atoms with Crippen LogP contribution < -0.4 is 5.32 Å². The van der Waals surface area contributed by atoms with Gasteiger partial charge in [0.25, 0.3) is 5.91 Å². The molecule has 0 bridgehead atoms. The van der Waals surface area contributed by atoms with Crippen molar-refractivity contribution in [3.63, 3.8) is 0 Å². The van der Waals surface area contributed by atoms with Gasteiger partial charge in [0, 0.05) is 16.6 Å². The number of amides is 1. The summed E-state index contributed by atoms with van der Waals surface area (Å²) in [5.74, 6) is -0.231. The second-order valence-corrected chi connectivity index (χ2v) is 5.63. The average Bonchev–Trinajstić information content (AvgIpc) is 2.65. The van der Waals surface area contributed by atoms with E-state index >= 15 is 0 Å². The Morgan fingerprint density at radius 1 is 1.33 bits per heavy atom. The number of thiophene rings is 1. The fourth-order valence-electron chi connectivity index (χ4n) is 1.47. The minimum atomic E-state index is -0.182. The van der Waals surface area contributed by atoms with E-state index in [-0.39, 0.29) is 16.7 Å². The van der Waals surface area contributed by atoms with Crippen LogP contribution in [0.2, 0.25) is 5.02 Å². The molecule has 3 nitrogen and oxygen atoms in total. The molecule has 1 amide bonds. The summed E-state index contributed by atoms with van der Waals surface area (Å²) in [5, 5.41) is 12.4. The lowest BCUT2D eigenvalue weighted by atomic mass is 10.2. The molecule has 1 heterocycles. The van der Waals surface area contributed by atoms with E-state index in [1.807, 2.05) is 19.9 Å². The summed E-state index contributed by atoms with van der Waals surface area (Å²) in [5.41, 5.74) is 1.62. The number of carbonyl (C=O) groups excluding carboxylic acids is 1. The normalized spacial score (nSPS) is 10.4. The van der Waals surface area contributed by atoms with Gasteiger partial charge in [-0.2, -0.15) is 0 Å². The van der Waals surface area contributed by atoms with Crippen molar-refractivity contribution >= 4 is 34.5 Å². The smallest absolute Gasteiger partial charge is 0.265 e. The third-order valence-corrected chi connectivity index (χ3v) is 4.06. The number of halogens is 1. The van der Waals surface area contributed by atoms with Crippen molar-refractivity contribution < 1.29 is 9.90 Å². The number of benzene rings is 1. The molecule has 0 aliphatic carbocycles. The van der Waals surface area contributed by atoms with Crippen molar-refractivity contribution in [2.75, 3.05) is 5.32 Å². The number of hydrogen-bond donors (Lipinski definition) is 2. The third kappa shape index (κ3) is 2.66. The van der Waals surface area contributed by atoms with E-state index in [2.05, 4.69) is 5.32 Å². The van der Waals surface area contributed by atoms with Gasteiger partial charge in [0.15, 0.2) is 0 Å². The van der Waals surface area contributed by atoms with Crippen molar-refractivity contribution in [1.82, 2.24) is 0 Å². The first kappa shape index (κ1) is 12.9. The number of carbonyl (C=O) groups is 1. The Kier molecular flexibility index (Phi) is 3.59. The van der Waals surface area contributed by atoms with Gasteiger partial charge in [-0.05, 0) is 37.6 Å². The minimum absolute atomic E-state index is 0.0481. The Hall–Kier alpha value is -1.52. The molecule has 0 unspecified atom stereocenters. The van der Waals surface area contributed by atoms with Gasteiger partial charge in [0.2, 0.25) is 0 Å². The maximum absolute atomic E-state index is 12.0. The van der Waals surface area contributed by atoms with E-state index in [9.17, 15) is 9.90 Å². The average molecular weight is 282 g/mol. The highest BCUT2D eigenvalue weighted by Crippen LogP contribution is 2.27. The first-order valence-electron chi connectivity index (χ1n) is 5.34. The van der Waals surface area contributed by atoms with E-state index in [4.69, 9.17) is 11.6 Å². The monoisotopic (exact) mass is 281 g/mol. The molecule has 2 aromatic rings. The van der Waals surface area contributed by atoms with Crippen LogP contribution in [0.25, 0.3) is 0 Å². The molecule has 5 heteroatoms. The second kappa shape index (κ2) is 5.00. The summed E-state index contributed by atoms with van der Waals surface area (Å²) in [6.45, 7) is 3.95. The van der Waals surface area contributed by atoms with Crippen molar-refractivity contribution in [2.45, 2.75) is 13.8 Å². The maximum Gasteiger partial charge on any atom is 0.265 e. The lowest BCUT2D eigenvalue weighted by Crippen LogP contribution is -2.09. The highest BCUT2D eigenvalue weighted by Gasteiger charge is 2.11. The molecule has 0 fully saturated rings. The largest absolute Gasteiger partial charge is 0.506 e. The summed E-state index contributed by atoms with van der Waals surface area (Å²) in [4.78, 5) is 13.7. The number of nitrogens with one attached hydrogen (secondary N) is 1. The number of aryl methyl sites for hydroxylation is 2.